The van der Waals surface area contributed by atoms with Crippen molar-refractivity contribution in [1.29, 1.82) is 0 Å². The second-order valence-electron chi connectivity index (χ2n) is 3.56. The maximum Gasteiger partial charge on any atom is 0.0743 e. The van der Waals surface area contributed by atoms with E-state index in [1.165, 1.54) is 0 Å². The zero-order valence-corrected chi connectivity index (χ0v) is 8.83. The Balaban J connectivity index is 2.46. The van der Waals surface area contributed by atoms with Crippen LogP contribution in [0.2, 0.25) is 0 Å². The van der Waals surface area contributed by atoms with Gasteiger partial charge in [0.25, 0.3) is 0 Å². The van der Waals surface area contributed by atoms with Gasteiger partial charge in [-0.3, -0.25) is 4.98 Å². The zero-order chi connectivity index (χ0) is 10.7. The summed E-state index contributed by atoms with van der Waals surface area (Å²) in [5.74, 6) is 0. The van der Waals surface area contributed by atoms with E-state index in [-0.39, 0.29) is 0 Å². The van der Waals surface area contributed by atoms with Gasteiger partial charge in [0.15, 0.2) is 0 Å². The number of nitrogen functional groups attached to an aromatic ring is 1. The number of hydrogen-bond donors (Lipinski definition) is 2. The quantitative estimate of drug-likeness (QED) is 0.750. The summed E-state index contributed by atoms with van der Waals surface area (Å²) < 4.78 is 0. The van der Waals surface area contributed by atoms with Gasteiger partial charge >= 0.3 is 0 Å². The van der Waals surface area contributed by atoms with Crippen LogP contribution in [0.5, 0.6) is 0 Å². The number of hydrogen-bond acceptors (Lipinski definition) is 3. The van der Waals surface area contributed by atoms with Crippen LogP contribution in [0.4, 0.5) is 11.4 Å². The van der Waals surface area contributed by atoms with E-state index in [1.807, 2.05) is 24.3 Å². The van der Waals surface area contributed by atoms with Crippen molar-refractivity contribution in [2.24, 2.45) is 0 Å². The molecular weight excluding hydrogens is 186 g/mol. The second kappa shape index (κ2) is 4.17. The summed E-state index contributed by atoms with van der Waals surface area (Å²) in [6.45, 7) is 3.12. The van der Waals surface area contributed by atoms with Crippen LogP contribution in [0.25, 0.3) is 10.9 Å². The fourth-order valence-electron chi connectivity index (χ4n) is 1.58. The average molecular weight is 201 g/mol. The highest BCUT2D eigenvalue weighted by atomic mass is 14.9. The minimum Gasteiger partial charge on any atom is -0.399 e. The fraction of sp³-hybridized carbons (Fsp3) is 0.250. The van der Waals surface area contributed by atoms with Crippen molar-refractivity contribution in [2.75, 3.05) is 17.6 Å². The number of aromatic nitrogens is 1. The number of pyridine rings is 1. The number of benzene rings is 1. The third-order valence-electron chi connectivity index (χ3n) is 2.33. The number of anilines is 2. The van der Waals surface area contributed by atoms with Gasteiger partial charge in [0.1, 0.15) is 0 Å². The Bertz CT molecular complexity index is 465. The minimum atomic E-state index is 0.752. The van der Waals surface area contributed by atoms with Crippen molar-refractivity contribution in [1.82, 2.24) is 4.98 Å². The van der Waals surface area contributed by atoms with Gasteiger partial charge < -0.3 is 11.1 Å². The molecule has 0 bridgehead atoms. The van der Waals surface area contributed by atoms with E-state index in [4.69, 9.17) is 5.73 Å². The molecule has 0 aliphatic heterocycles. The highest BCUT2D eigenvalue weighted by Crippen LogP contribution is 2.23. The normalized spacial score (nSPS) is 10.5. The molecule has 3 N–H and O–H groups in total. The highest BCUT2D eigenvalue weighted by molar-refractivity contribution is 5.92. The van der Waals surface area contributed by atoms with Crippen LogP contribution in [0.3, 0.4) is 0 Å². The standard InChI is InChI=1S/C12H15N3/c1-2-6-14-11-5-7-15-12-8-9(13)3-4-10(11)12/h3-5,7-8H,2,6,13H2,1H3,(H,14,15). The predicted molar refractivity (Wildman–Crippen MR) is 64.9 cm³/mol. The molecule has 0 fully saturated rings. The molecule has 3 nitrogen and oxygen atoms in total. The third kappa shape index (κ3) is 2.01. The minimum absolute atomic E-state index is 0.752. The Labute approximate surface area is 89.3 Å². The molecule has 3 heteroatoms. The van der Waals surface area contributed by atoms with Crippen LogP contribution in [0.1, 0.15) is 13.3 Å². The summed E-state index contributed by atoms with van der Waals surface area (Å²) in [6, 6.07) is 7.80. The van der Waals surface area contributed by atoms with Crippen molar-refractivity contribution in [3.05, 3.63) is 30.5 Å². The molecule has 78 valence electrons. The number of fused-ring (bicyclic) bond motifs is 1. The molecule has 0 radical (unpaired) electrons. The van der Waals surface area contributed by atoms with Gasteiger partial charge in [-0.2, -0.15) is 0 Å². The number of rotatable bonds is 3. The summed E-state index contributed by atoms with van der Waals surface area (Å²) in [4.78, 5) is 4.29. The lowest BCUT2D eigenvalue weighted by atomic mass is 10.1. The molecule has 0 atom stereocenters. The van der Waals surface area contributed by atoms with E-state index < -0.39 is 0 Å². The van der Waals surface area contributed by atoms with Gasteiger partial charge in [-0.15, -0.1) is 0 Å². The summed E-state index contributed by atoms with van der Waals surface area (Å²) in [6.07, 6.45) is 2.92. The Morgan fingerprint density at radius 1 is 1.33 bits per heavy atom. The van der Waals surface area contributed by atoms with Crippen LogP contribution in [0, 0.1) is 0 Å². The first-order valence-corrected chi connectivity index (χ1v) is 5.19. The fourth-order valence-corrected chi connectivity index (χ4v) is 1.58. The second-order valence-corrected chi connectivity index (χ2v) is 3.56. The van der Waals surface area contributed by atoms with Gasteiger partial charge in [-0.1, -0.05) is 6.92 Å². The van der Waals surface area contributed by atoms with Crippen LogP contribution >= 0.6 is 0 Å². The summed E-state index contributed by atoms with van der Waals surface area (Å²) in [5.41, 5.74) is 8.53. The van der Waals surface area contributed by atoms with E-state index in [0.717, 1.165) is 35.2 Å². The SMILES string of the molecule is CCCNc1ccnc2cc(N)ccc12. The van der Waals surface area contributed by atoms with Gasteiger partial charge in [0, 0.05) is 29.5 Å². The summed E-state index contributed by atoms with van der Waals surface area (Å²) in [7, 11) is 0. The lowest BCUT2D eigenvalue weighted by Gasteiger charge is -2.08. The van der Waals surface area contributed by atoms with Crippen LogP contribution in [0.15, 0.2) is 30.5 Å². The van der Waals surface area contributed by atoms with Crippen LogP contribution in [-0.2, 0) is 0 Å². The van der Waals surface area contributed by atoms with E-state index in [0.29, 0.717) is 0 Å². The highest BCUT2D eigenvalue weighted by Gasteiger charge is 2.00. The molecule has 0 unspecified atom stereocenters. The van der Waals surface area contributed by atoms with Crippen molar-refractivity contribution in [3.8, 4) is 0 Å². The first kappa shape index (κ1) is 9.77. The smallest absolute Gasteiger partial charge is 0.0743 e. The Hall–Kier alpha value is -1.77. The maximum absolute atomic E-state index is 5.71. The molecule has 1 aromatic carbocycles. The Morgan fingerprint density at radius 2 is 2.20 bits per heavy atom. The Kier molecular flexibility index (Phi) is 2.72. The lowest BCUT2D eigenvalue weighted by molar-refractivity contribution is 0.981. The molecule has 0 saturated heterocycles. The first-order chi connectivity index (χ1) is 7.31. The van der Waals surface area contributed by atoms with E-state index in [9.17, 15) is 0 Å². The number of nitrogens with two attached hydrogens (primary N) is 1. The molecule has 2 rings (SSSR count). The van der Waals surface area contributed by atoms with Crippen LogP contribution < -0.4 is 11.1 Å². The molecule has 15 heavy (non-hydrogen) atoms. The van der Waals surface area contributed by atoms with E-state index in [2.05, 4.69) is 17.2 Å². The molecule has 2 aromatic rings. The van der Waals surface area contributed by atoms with Crippen molar-refractivity contribution >= 4 is 22.3 Å². The summed E-state index contributed by atoms with van der Waals surface area (Å²) >= 11 is 0. The van der Waals surface area contributed by atoms with Crippen molar-refractivity contribution in [2.45, 2.75) is 13.3 Å². The average Bonchev–Trinajstić information content (AvgIpc) is 2.25. The molecule has 0 saturated carbocycles. The third-order valence-corrected chi connectivity index (χ3v) is 2.33. The molecular formula is C12H15N3. The summed E-state index contributed by atoms with van der Waals surface area (Å²) in [5, 5.41) is 4.50. The molecule has 1 aromatic heterocycles. The zero-order valence-electron chi connectivity index (χ0n) is 8.83. The first-order valence-electron chi connectivity index (χ1n) is 5.19. The predicted octanol–water partition coefficient (Wildman–Crippen LogP) is 2.64. The van der Waals surface area contributed by atoms with Gasteiger partial charge in [-0.05, 0) is 30.7 Å². The van der Waals surface area contributed by atoms with Crippen molar-refractivity contribution in [3.63, 3.8) is 0 Å². The topological polar surface area (TPSA) is 50.9 Å². The van der Waals surface area contributed by atoms with Gasteiger partial charge in [0.05, 0.1) is 5.52 Å². The Morgan fingerprint density at radius 3 is 3.00 bits per heavy atom. The maximum atomic E-state index is 5.71. The molecule has 1 heterocycles. The van der Waals surface area contributed by atoms with E-state index in [1.54, 1.807) is 6.20 Å². The van der Waals surface area contributed by atoms with E-state index >= 15 is 0 Å². The molecule has 0 aliphatic carbocycles. The molecule has 0 amide bonds. The van der Waals surface area contributed by atoms with Crippen LogP contribution in [-0.4, -0.2) is 11.5 Å². The molecule has 0 spiro atoms. The largest absolute Gasteiger partial charge is 0.399 e. The van der Waals surface area contributed by atoms with Gasteiger partial charge in [0.2, 0.25) is 0 Å². The monoisotopic (exact) mass is 201 g/mol. The van der Waals surface area contributed by atoms with Gasteiger partial charge in [-0.25, -0.2) is 0 Å². The number of nitrogens with zero attached hydrogens (tertiary/aromatic N) is 1. The number of nitrogens with one attached hydrogen (secondary N) is 1. The van der Waals surface area contributed by atoms with Crippen molar-refractivity contribution < 1.29 is 0 Å². The lowest BCUT2D eigenvalue weighted by Crippen LogP contribution is -2.00. The molecule has 0 aliphatic rings.